The van der Waals surface area contributed by atoms with Crippen LogP contribution in [0.15, 0.2) is 58.1 Å². The lowest BCUT2D eigenvalue weighted by Crippen LogP contribution is -2.02. The maximum atomic E-state index is 5.73. The molecule has 0 spiro atoms. The van der Waals surface area contributed by atoms with E-state index >= 15 is 0 Å². The molecule has 2 heterocycles. The number of aromatic nitrogens is 6. The molecule has 2 aromatic heterocycles. The molecule has 4 aromatic rings. The summed E-state index contributed by atoms with van der Waals surface area (Å²) in [6.07, 6.45) is 0. The minimum Gasteiger partial charge on any atom is -0.420 e. The number of rotatable bonds is 5. The third-order valence-electron chi connectivity index (χ3n) is 3.83. The van der Waals surface area contributed by atoms with Gasteiger partial charge < -0.3 is 4.42 Å². The summed E-state index contributed by atoms with van der Waals surface area (Å²) in [6, 6.07) is 15.9. The fourth-order valence-electron chi connectivity index (χ4n) is 2.60. The van der Waals surface area contributed by atoms with Crippen molar-refractivity contribution < 1.29 is 4.42 Å². The zero-order valence-corrected chi connectivity index (χ0v) is 15.1. The van der Waals surface area contributed by atoms with Crippen LogP contribution in [-0.4, -0.2) is 30.4 Å². The normalized spacial score (nSPS) is 11.0. The van der Waals surface area contributed by atoms with E-state index in [9.17, 15) is 0 Å². The van der Waals surface area contributed by atoms with Gasteiger partial charge in [-0.2, -0.15) is 4.68 Å². The van der Waals surface area contributed by atoms with E-state index in [0.29, 0.717) is 22.7 Å². The SMILES string of the molecule is Cc1ccc(-n2nnnc2SCc2nnc(-c3ccccc3)o2)c(C)c1. The summed E-state index contributed by atoms with van der Waals surface area (Å²) >= 11 is 1.45. The molecule has 0 aliphatic carbocycles. The molecule has 0 aliphatic rings. The predicted molar refractivity (Wildman–Crippen MR) is 97.9 cm³/mol. The zero-order valence-electron chi connectivity index (χ0n) is 14.3. The van der Waals surface area contributed by atoms with E-state index in [0.717, 1.165) is 16.8 Å². The van der Waals surface area contributed by atoms with Crippen molar-refractivity contribution >= 4 is 11.8 Å². The molecule has 8 heteroatoms. The van der Waals surface area contributed by atoms with Crippen LogP contribution in [-0.2, 0) is 5.75 Å². The Kier molecular flexibility index (Phi) is 4.49. The van der Waals surface area contributed by atoms with Crippen molar-refractivity contribution in [3.05, 3.63) is 65.5 Å². The van der Waals surface area contributed by atoms with E-state index in [2.05, 4.69) is 38.7 Å². The quantitative estimate of drug-likeness (QED) is 0.500. The van der Waals surface area contributed by atoms with Crippen molar-refractivity contribution in [2.45, 2.75) is 24.8 Å². The maximum absolute atomic E-state index is 5.73. The topological polar surface area (TPSA) is 82.5 Å². The van der Waals surface area contributed by atoms with Crippen LogP contribution in [0.5, 0.6) is 0 Å². The van der Waals surface area contributed by atoms with Crippen LogP contribution in [0, 0.1) is 13.8 Å². The lowest BCUT2D eigenvalue weighted by Gasteiger charge is -2.07. The molecule has 4 rings (SSSR count). The Morgan fingerprint density at radius 3 is 2.65 bits per heavy atom. The Bertz CT molecular complexity index is 1030. The zero-order chi connectivity index (χ0) is 17.9. The van der Waals surface area contributed by atoms with E-state index in [1.807, 2.05) is 49.4 Å². The average molecular weight is 364 g/mol. The van der Waals surface area contributed by atoms with Gasteiger partial charge in [0.15, 0.2) is 0 Å². The van der Waals surface area contributed by atoms with Gasteiger partial charge in [0.25, 0.3) is 0 Å². The number of hydrogen-bond donors (Lipinski definition) is 0. The molecule has 2 aromatic carbocycles. The minimum absolute atomic E-state index is 0.491. The van der Waals surface area contributed by atoms with Crippen LogP contribution in [0.4, 0.5) is 0 Å². The lowest BCUT2D eigenvalue weighted by atomic mass is 10.1. The Hall–Kier alpha value is -3.00. The molecular weight excluding hydrogens is 348 g/mol. The molecule has 0 amide bonds. The van der Waals surface area contributed by atoms with Crippen LogP contribution >= 0.6 is 11.8 Å². The van der Waals surface area contributed by atoms with Crippen LogP contribution < -0.4 is 0 Å². The van der Waals surface area contributed by atoms with Crippen LogP contribution in [0.1, 0.15) is 17.0 Å². The molecule has 0 atom stereocenters. The Labute approximate surface area is 154 Å². The fourth-order valence-corrected chi connectivity index (χ4v) is 3.32. The van der Waals surface area contributed by atoms with Gasteiger partial charge in [-0.05, 0) is 48.0 Å². The van der Waals surface area contributed by atoms with Gasteiger partial charge in [-0.1, -0.05) is 47.7 Å². The highest BCUT2D eigenvalue weighted by atomic mass is 32.2. The van der Waals surface area contributed by atoms with E-state index in [4.69, 9.17) is 4.42 Å². The second kappa shape index (κ2) is 7.09. The second-order valence-corrected chi connectivity index (χ2v) is 6.76. The average Bonchev–Trinajstić information content (AvgIpc) is 3.30. The van der Waals surface area contributed by atoms with Crippen molar-refractivity contribution in [3.8, 4) is 17.1 Å². The van der Waals surface area contributed by atoms with Crippen LogP contribution in [0.3, 0.4) is 0 Å². The summed E-state index contributed by atoms with van der Waals surface area (Å²) in [5, 5.41) is 20.9. The number of benzene rings is 2. The summed E-state index contributed by atoms with van der Waals surface area (Å²) < 4.78 is 7.46. The van der Waals surface area contributed by atoms with Crippen molar-refractivity contribution in [1.82, 2.24) is 30.4 Å². The predicted octanol–water partition coefficient (Wildman–Crippen LogP) is 3.62. The smallest absolute Gasteiger partial charge is 0.247 e. The van der Waals surface area contributed by atoms with Crippen molar-refractivity contribution in [1.29, 1.82) is 0 Å². The van der Waals surface area contributed by atoms with Gasteiger partial charge in [0.1, 0.15) is 0 Å². The molecule has 26 heavy (non-hydrogen) atoms. The van der Waals surface area contributed by atoms with Gasteiger partial charge in [-0.3, -0.25) is 0 Å². The van der Waals surface area contributed by atoms with Crippen molar-refractivity contribution in [3.63, 3.8) is 0 Å². The summed E-state index contributed by atoms with van der Waals surface area (Å²) in [7, 11) is 0. The van der Waals surface area contributed by atoms with Gasteiger partial charge in [-0.25, -0.2) is 0 Å². The molecule has 0 unspecified atom stereocenters. The molecule has 0 bridgehead atoms. The third-order valence-corrected chi connectivity index (χ3v) is 4.74. The second-order valence-electron chi connectivity index (χ2n) is 5.82. The summed E-state index contributed by atoms with van der Waals surface area (Å²) in [4.78, 5) is 0. The van der Waals surface area contributed by atoms with Gasteiger partial charge in [-0.15, -0.1) is 15.3 Å². The molecule has 0 N–H and O–H groups in total. The largest absolute Gasteiger partial charge is 0.420 e. The van der Waals surface area contributed by atoms with Gasteiger partial charge >= 0.3 is 0 Å². The summed E-state index contributed by atoms with van der Waals surface area (Å²) in [6.45, 7) is 4.11. The molecule has 0 radical (unpaired) electrons. The maximum Gasteiger partial charge on any atom is 0.247 e. The molecule has 130 valence electrons. The minimum atomic E-state index is 0.491. The van der Waals surface area contributed by atoms with E-state index in [1.165, 1.54) is 17.3 Å². The van der Waals surface area contributed by atoms with Crippen molar-refractivity contribution in [2.75, 3.05) is 0 Å². The number of thioether (sulfide) groups is 1. The number of aryl methyl sites for hydroxylation is 2. The van der Waals surface area contributed by atoms with Crippen LogP contribution in [0.2, 0.25) is 0 Å². The summed E-state index contributed by atoms with van der Waals surface area (Å²) in [5.74, 6) is 1.53. The molecule has 7 nitrogen and oxygen atoms in total. The Morgan fingerprint density at radius 2 is 1.85 bits per heavy atom. The third kappa shape index (κ3) is 3.36. The standard InChI is InChI=1S/C18H16N6OS/c1-12-8-9-15(13(2)10-12)24-18(21-22-23-24)26-11-16-19-20-17(25-16)14-6-4-3-5-7-14/h3-10H,11H2,1-2H3. The Balaban J connectivity index is 1.51. The molecular formula is C18H16N6OS. The number of tetrazole rings is 1. The monoisotopic (exact) mass is 364 g/mol. The first-order chi connectivity index (χ1) is 12.7. The molecule has 0 fully saturated rings. The first kappa shape index (κ1) is 16.5. The lowest BCUT2D eigenvalue weighted by molar-refractivity contribution is 0.528. The first-order valence-electron chi connectivity index (χ1n) is 8.07. The number of hydrogen-bond acceptors (Lipinski definition) is 7. The van der Waals surface area contributed by atoms with E-state index in [-0.39, 0.29) is 0 Å². The van der Waals surface area contributed by atoms with Crippen LogP contribution in [0.25, 0.3) is 17.1 Å². The number of nitrogens with zero attached hydrogens (tertiary/aromatic N) is 6. The highest BCUT2D eigenvalue weighted by Crippen LogP contribution is 2.25. The molecule has 0 saturated heterocycles. The first-order valence-corrected chi connectivity index (χ1v) is 9.06. The van der Waals surface area contributed by atoms with Crippen molar-refractivity contribution in [2.24, 2.45) is 0 Å². The Morgan fingerprint density at radius 1 is 1.00 bits per heavy atom. The molecule has 0 aliphatic heterocycles. The fraction of sp³-hybridized carbons (Fsp3) is 0.167. The van der Waals surface area contributed by atoms with Gasteiger partial charge in [0.2, 0.25) is 16.9 Å². The highest BCUT2D eigenvalue weighted by molar-refractivity contribution is 7.98. The van der Waals surface area contributed by atoms with E-state index < -0.39 is 0 Å². The summed E-state index contributed by atoms with van der Waals surface area (Å²) in [5.41, 5.74) is 4.17. The highest BCUT2D eigenvalue weighted by Gasteiger charge is 2.14. The van der Waals surface area contributed by atoms with Gasteiger partial charge in [0, 0.05) is 5.56 Å². The van der Waals surface area contributed by atoms with E-state index in [1.54, 1.807) is 4.68 Å². The molecule has 0 saturated carbocycles. The van der Waals surface area contributed by atoms with Gasteiger partial charge in [0.05, 0.1) is 11.4 Å².